The van der Waals surface area contributed by atoms with E-state index in [1.807, 2.05) is 52.0 Å². The summed E-state index contributed by atoms with van der Waals surface area (Å²) >= 11 is 0. The second kappa shape index (κ2) is 8.04. The first-order chi connectivity index (χ1) is 14.0. The summed E-state index contributed by atoms with van der Waals surface area (Å²) in [7, 11) is 0. The van der Waals surface area contributed by atoms with E-state index in [2.05, 4.69) is 59.3 Å². The fourth-order valence-corrected chi connectivity index (χ4v) is 3.49. The molecule has 0 saturated heterocycles. The summed E-state index contributed by atoms with van der Waals surface area (Å²) in [5, 5.41) is 1.22. The minimum Gasteiger partial charge on any atom is -0.491 e. The average Bonchev–Trinajstić information content (AvgIpc) is 3.11. The largest absolute Gasteiger partial charge is 0.491 e. The number of hydrogen-bond acceptors (Lipinski definition) is 2. The van der Waals surface area contributed by atoms with Gasteiger partial charge in [0.1, 0.15) is 11.5 Å². The van der Waals surface area contributed by atoms with E-state index in [1.54, 1.807) is 0 Å². The van der Waals surface area contributed by atoms with E-state index in [4.69, 9.17) is 9.47 Å². The Balaban J connectivity index is 1.66. The Labute approximate surface area is 172 Å². The SMILES string of the molecule is CC(C)Oc1ccc(-c2ccc3ccn(-c4ccc(OC(C)C)cc4)c3c2)cc1. The monoisotopic (exact) mass is 385 g/mol. The van der Waals surface area contributed by atoms with Crippen LogP contribution in [0.1, 0.15) is 27.7 Å². The van der Waals surface area contributed by atoms with Crippen LogP contribution in [0.4, 0.5) is 0 Å². The number of ether oxygens (including phenoxy) is 2. The standard InChI is InChI=1S/C26H27NO2/c1-18(2)28-24-11-7-20(8-12-24)22-6-5-21-15-16-27(26(21)17-22)23-9-13-25(14-10-23)29-19(3)4/h5-19H,1-4H3. The molecular formula is C26H27NO2. The molecule has 0 radical (unpaired) electrons. The van der Waals surface area contributed by atoms with Gasteiger partial charge in [-0.15, -0.1) is 0 Å². The predicted molar refractivity (Wildman–Crippen MR) is 120 cm³/mol. The molecule has 3 nitrogen and oxygen atoms in total. The van der Waals surface area contributed by atoms with Crippen molar-refractivity contribution >= 4 is 10.9 Å². The van der Waals surface area contributed by atoms with Crippen LogP contribution in [-0.2, 0) is 0 Å². The Morgan fingerprint density at radius 1 is 0.621 bits per heavy atom. The molecule has 1 heterocycles. The van der Waals surface area contributed by atoms with E-state index >= 15 is 0 Å². The lowest BCUT2D eigenvalue weighted by molar-refractivity contribution is 0.242. The summed E-state index contributed by atoms with van der Waals surface area (Å²) in [6.07, 6.45) is 2.47. The summed E-state index contributed by atoms with van der Waals surface area (Å²) < 4.78 is 13.7. The lowest BCUT2D eigenvalue weighted by Crippen LogP contribution is -2.05. The van der Waals surface area contributed by atoms with Gasteiger partial charge >= 0.3 is 0 Å². The molecule has 0 bridgehead atoms. The average molecular weight is 386 g/mol. The zero-order valence-corrected chi connectivity index (χ0v) is 17.4. The molecule has 4 aromatic rings. The zero-order valence-electron chi connectivity index (χ0n) is 17.4. The van der Waals surface area contributed by atoms with Gasteiger partial charge in [-0.1, -0.05) is 24.3 Å². The van der Waals surface area contributed by atoms with E-state index in [1.165, 1.54) is 22.0 Å². The third kappa shape index (κ3) is 4.29. The molecule has 1 aromatic heterocycles. The predicted octanol–water partition coefficient (Wildman–Crippen LogP) is 6.87. The lowest BCUT2D eigenvalue weighted by atomic mass is 10.0. The van der Waals surface area contributed by atoms with Gasteiger partial charge in [0.05, 0.1) is 17.7 Å². The van der Waals surface area contributed by atoms with Crippen molar-refractivity contribution in [1.29, 1.82) is 0 Å². The van der Waals surface area contributed by atoms with Crippen LogP contribution >= 0.6 is 0 Å². The van der Waals surface area contributed by atoms with Crippen molar-refractivity contribution in [2.75, 3.05) is 0 Å². The van der Waals surface area contributed by atoms with Crippen LogP contribution in [0.3, 0.4) is 0 Å². The van der Waals surface area contributed by atoms with Crippen LogP contribution in [0.5, 0.6) is 11.5 Å². The van der Waals surface area contributed by atoms with Crippen molar-refractivity contribution < 1.29 is 9.47 Å². The van der Waals surface area contributed by atoms with Gasteiger partial charge in [0, 0.05) is 11.9 Å². The Kier molecular flexibility index (Phi) is 5.30. The molecule has 29 heavy (non-hydrogen) atoms. The summed E-state index contributed by atoms with van der Waals surface area (Å²) in [6.45, 7) is 8.15. The highest BCUT2D eigenvalue weighted by molar-refractivity contribution is 5.87. The van der Waals surface area contributed by atoms with E-state index in [0.717, 1.165) is 17.2 Å². The number of nitrogens with zero attached hydrogens (tertiary/aromatic N) is 1. The molecule has 0 aliphatic carbocycles. The van der Waals surface area contributed by atoms with Crippen LogP contribution in [0.25, 0.3) is 27.7 Å². The molecule has 0 fully saturated rings. The normalized spacial score (nSPS) is 11.4. The van der Waals surface area contributed by atoms with Gasteiger partial charge in [0.25, 0.3) is 0 Å². The van der Waals surface area contributed by atoms with Crippen molar-refractivity contribution in [3.05, 3.63) is 79.0 Å². The molecule has 3 aromatic carbocycles. The molecule has 0 N–H and O–H groups in total. The minimum atomic E-state index is 0.174. The fraction of sp³-hybridized carbons (Fsp3) is 0.231. The molecule has 0 atom stereocenters. The first-order valence-corrected chi connectivity index (χ1v) is 10.1. The van der Waals surface area contributed by atoms with Gasteiger partial charge in [-0.05, 0) is 92.7 Å². The zero-order chi connectivity index (χ0) is 20.4. The number of rotatable bonds is 6. The number of hydrogen-bond donors (Lipinski definition) is 0. The molecule has 0 aliphatic heterocycles. The summed E-state index contributed by atoms with van der Waals surface area (Å²) in [4.78, 5) is 0. The maximum atomic E-state index is 5.77. The summed E-state index contributed by atoms with van der Waals surface area (Å²) in [5.41, 5.74) is 4.67. The van der Waals surface area contributed by atoms with E-state index in [0.29, 0.717) is 0 Å². The highest BCUT2D eigenvalue weighted by Gasteiger charge is 2.07. The van der Waals surface area contributed by atoms with Gasteiger partial charge < -0.3 is 14.0 Å². The maximum absolute atomic E-state index is 5.77. The highest BCUT2D eigenvalue weighted by atomic mass is 16.5. The number of benzene rings is 3. The fourth-order valence-electron chi connectivity index (χ4n) is 3.49. The van der Waals surface area contributed by atoms with Crippen LogP contribution < -0.4 is 9.47 Å². The second-order valence-corrected chi connectivity index (χ2v) is 7.81. The number of fused-ring (bicyclic) bond motifs is 1. The quantitative estimate of drug-likeness (QED) is 0.361. The first kappa shape index (κ1) is 19.1. The molecule has 148 valence electrons. The Bertz CT molecular complexity index is 1090. The van der Waals surface area contributed by atoms with Crippen molar-refractivity contribution in [2.45, 2.75) is 39.9 Å². The van der Waals surface area contributed by atoms with Gasteiger partial charge in [-0.3, -0.25) is 0 Å². The third-order valence-corrected chi connectivity index (χ3v) is 4.74. The second-order valence-electron chi connectivity index (χ2n) is 7.81. The van der Waals surface area contributed by atoms with Crippen LogP contribution in [0.15, 0.2) is 79.0 Å². The Hall–Kier alpha value is -3.20. The molecule has 3 heteroatoms. The minimum absolute atomic E-state index is 0.174. The van der Waals surface area contributed by atoms with Gasteiger partial charge in [0.2, 0.25) is 0 Å². The van der Waals surface area contributed by atoms with Crippen molar-refractivity contribution in [3.8, 4) is 28.3 Å². The molecule has 0 spiro atoms. The number of aromatic nitrogens is 1. The van der Waals surface area contributed by atoms with Crippen LogP contribution in [-0.4, -0.2) is 16.8 Å². The van der Waals surface area contributed by atoms with Crippen molar-refractivity contribution in [1.82, 2.24) is 4.57 Å². The molecule has 0 aliphatic rings. The Morgan fingerprint density at radius 3 is 1.76 bits per heavy atom. The molecule has 0 unspecified atom stereocenters. The topological polar surface area (TPSA) is 23.4 Å². The van der Waals surface area contributed by atoms with Gasteiger partial charge in [0.15, 0.2) is 0 Å². The molecular weight excluding hydrogens is 358 g/mol. The Morgan fingerprint density at radius 2 is 1.17 bits per heavy atom. The van der Waals surface area contributed by atoms with Crippen LogP contribution in [0.2, 0.25) is 0 Å². The molecule has 4 rings (SSSR count). The van der Waals surface area contributed by atoms with Gasteiger partial charge in [-0.2, -0.15) is 0 Å². The van der Waals surface area contributed by atoms with E-state index < -0.39 is 0 Å². The lowest BCUT2D eigenvalue weighted by Gasteiger charge is -2.12. The third-order valence-electron chi connectivity index (χ3n) is 4.74. The summed E-state index contributed by atoms with van der Waals surface area (Å²) in [5.74, 6) is 1.79. The van der Waals surface area contributed by atoms with Gasteiger partial charge in [-0.25, -0.2) is 0 Å². The smallest absolute Gasteiger partial charge is 0.119 e. The first-order valence-electron chi connectivity index (χ1n) is 10.1. The summed E-state index contributed by atoms with van der Waals surface area (Å²) in [6, 6.07) is 25.3. The van der Waals surface area contributed by atoms with E-state index in [-0.39, 0.29) is 12.2 Å². The highest BCUT2D eigenvalue weighted by Crippen LogP contribution is 2.29. The molecule has 0 amide bonds. The van der Waals surface area contributed by atoms with E-state index in [9.17, 15) is 0 Å². The van der Waals surface area contributed by atoms with Crippen molar-refractivity contribution in [3.63, 3.8) is 0 Å². The molecule has 0 saturated carbocycles. The van der Waals surface area contributed by atoms with Crippen LogP contribution in [0, 0.1) is 0 Å². The van der Waals surface area contributed by atoms with Crippen molar-refractivity contribution in [2.24, 2.45) is 0 Å². The maximum Gasteiger partial charge on any atom is 0.119 e.